The van der Waals surface area contributed by atoms with Gasteiger partial charge in [0.15, 0.2) is 0 Å². The minimum absolute atomic E-state index is 0.0596. The van der Waals surface area contributed by atoms with Gasteiger partial charge in [-0.05, 0) is 37.5 Å². The Balaban J connectivity index is 1.73. The van der Waals surface area contributed by atoms with E-state index in [1.165, 1.54) is 0 Å². The highest BCUT2D eigenvalue weighted by molar-refractivity contribution is 5.84. The summed E-state index contributed by atoms with van der Waals surface area (Å²) < 4.78 is 5.43. The van der Waals surface area contributed by atoms with Crippen LogP contribution in [0.3, 0.4) is 0 Å². The Morgan fingerprint density at radius 2 is 1.96 bits per heavy atom. The van der Waals surface area contributed by atoms with Crippen LogP contribution in [0.2, 0.25) is 0 Å². The summed E-state index contributed by atoms with van der Waals surface area (Å²) in [6.45, 7) is 2.35. The van der Waals surface area contributed by atoms with Gasteiger partial charge in [-0.2, -0.15) is 0 Å². The first-order chi connectivity index (χ1) is 11.6. The number of amides is 1. The molecule has 0 saturated heterocycles. The number of carbonyl (C=O) groups excluding carboxylic acids is 1. The molecule has 1 aliphatic carbocycles. The summed E-state index contributed by atoms with van der Waals surface area (Å²) in [5.74, 6) is 0.410. The fourth-order valence-corrected chi connectivity index (χ4v) is 3.38. The summed E-state index contributed by atoms with van der Waals surface area (Å²) in [5, 5.41) is 13.4. The number of hydrogen-bond acceptors (Lipinski definition) is 3. The van der Waals surface area contributed by atoms with E-state index in [0.717, 1.165) is 42.6 Å². The third-order valence-corrected chi connectivity index (χ3v) is 4.91. The molecule has 0 radical (unpaired) electrons. The first-order valence-corrected chi connectivity index (χ1v) is 8.65. The molecule has 1 heterocycles. The van der Waals surface area contributed by atoms with Gasteiger partial charge in [-0.25, -0.2) is 0 Å². The molecule has 0 spiro atoms. The third-order valence-electron chi connectivity index (χ3n) is 4.91. The number of aliphatic hydroxyl groups is 1. The number of furan rings is 1. The zero-order valence-electron chi connectivity index (χ0n) is 14.1. The average Bonchev–Trinajstić information content (AvgIpc) is 3.24. The van der Waals surface area contributed by atoms with Crippen molar-refractivity contribution in [1.29, 1.82) is 0 Å². The molecule has 1 saturated carbocycles. The van der Waals surface area contributed by atoms with E-state index in [-0.39, 0.29) is 11.8 Å². The lowest BCUT2D eigenvalue weighted by Crippen LogP contribution is -2.42. The highest BCUT2D eigenvalue weighted by Gasteiger charge is 2.32. The summed E-state index contributed by atoms with van der Waals surface area (Å²) >= 11 is 0. The Morgan fingerprint density at radius 3 is 2.58 bits per heavy atom. The molecule has 1 aliphatic rings. The van der Waals surface area contributed by atoms with E-state index in [0.29, 0.717) is 13.0 Å². The van der Waals surface area contributed by atoms with E-state index in [4.69, 9.17) is 4.42 Å². The maximum atomic E-state index is 12.8. The van der Waals surface area contributed by atoms with Crippen LogP contribution < -0.4 is 5.32 Å². The van der Waals surface area contributed by atoms with Gasteiger partial charge in [-0.15, -0.1) is 0 Å². The maximum Gasteiger partial charge on any atom is 0.228 e. The van der Waals surface area contributed by atoms with Gasteiger partial charge in [-0.3, -0.25) is 4.79 Å². The lowest BCUT2D eigenvalue weighted by atomic mass is 9.92. The van der Waals surface area contributed by atoms with Crippen LogP contribution in [0.15, 0.2) is 47.1 Å². The van der Waals surface area contributed by atoms with Gasteiger partial charge in [0.05, 0.1) is 17.8 Å². The van der Waals surface area contributed by atoms with Crippen LogP contribution in [0.4, 0.5) is 0 Å². The smallest absolute Gasteiger partial charge is 0.228 e. The summed E-state index contributed by atoms with van der Waals surface area (Å²) in [6, 6.07) is 11.7. The number of rotatable bonds is 6. The number of aryl methyl sites for hydroxylation is 1. The minimum Gasteiger partial charge on any atom is -0.469 e. The quantitative estimate of drug-likeness (QED) is 0.855. The van der Waals surface area contributed by atoms with Crippen molar-refractivity contribution in [2.75, 3.05) is 6.54 Å². The third kappa shape index (κ3) is 4.06. The van der Waals surface area contributed by atoms with Gasteiger partial charge < -0.3 is 14.8 Å². The van der Waals surface area contributed by atoms with Crippen LogP contribution >= 0.6 is 0 Å². The van der Waals surface area contributed by atoms with Gasteiger partial charge in [0.25, 0.3) is 0 Å². The van der Waals surface area contributed by atoms with Gasteiger partial charge in [0.2, 0.25) is 5.91 Å². The Kier molecular flexibility index (Phi) is 5.05. The topological polar surface area (TPSA) is 62.5 Å². The average molecular weight is 327 g/mol. The SMILES string of the molecule is Cc1ccc(C(Cc2ccco2)C(=O)NCC2(O)CCCC2)cc1. The van der Waals surface area contributed by atoms with Crippen LogP contribution in [0.1, 0.15) is 48.5 Å². The molecule has 0 bridgehead atoms. The molecule has 0 aliphatic heterocycles. The van der Waals surface area contributed by atoms with Crippen LogP contribution in [-0.2, 0) is 11.2 Å². The maximum absolute atomic E-state index is 12.8. The Bertz CT molecular complexity index is 655. The molecule has 1 fully saturated rings. The second kappa shape index (κ2) is 7.22. The largest absolute Gasteiger partial charge is 0.469 e. The van der Waals surface area contributed by atoms with Crippen molar-refractivity contribution in [1.82, 2.24) is 5.32 Å². The van der Waals surface area contributed by atoms with E-state index >= 15 is 0 Å². The lowest BCUT2D eigenvalue weighted by Gasteiger charge is -2.24. The van der Waals surface area contributed by atoms with E-state index in [2.05, 4.69) is 5.32 Å². The number of benzene rings is 1. The van der Waals surface area contributed by atoms with E-state index in [1.54, 1.807) is 6.26 Å². The van der Waals surface area contributed by atoms with Gasteiger partial charge in [-0.1, -0.05) is 42.7 Å². The Hall–Kier alpha value is -2.07. The van der Waals surface area contributed by atoms with Gasteiger partial charge >= 0.3 is 0 Å². The van der Waals surface area contributed by atoms with Crippen molar-refractivity contribution in [3.8, 4) is 0 Å². The summed E-state index contributed by atoms with van der Waals surface area (Å²) in [5.41, 5.74) is 1.39. The molecule has 24 heavy (non-hydrogen) atoms. The van der Waals surface area contributed by atoms with E-state index < -0.39 is 5.60 Å². The van der Waals surface area contributed by atoms with Crippen molar-refractivity contribution >= 4 is 5.91 Å². The van der Waals surface area contributed by atoms with Crippen LogP contribution in [0, 0.1) is 6.92 Å². The molecule has 4 nitrogen and oxygen atoms in total. The molecule has 3 rings (SSSR count). The Labute approximate surface area is 142 Å². The molecule has 1 unspecified atom stereocenters. The van der Waals surface area contributed by atoms with Crippen molar-refractivity contribution in [2.45, 2.75) is 50.5 Å². The second-order valence-electron chi connectivity index (χ2n) is 6.90. The highest BCUT2D eigenvalue weighted by Crippen LogP contribution is 2.29. The number of nitrogens with one attached hydrogen (secondary N) is 1. The van der Waals surface area contributed by atoms with Crippen molar-refractivity contribution in [2.24, 2.45) is 0 Å². The van der Waals surface area contributed by atoms with Crippen molar-refractivity contribution < 1.29 is 14.3 Å². The predicted octanol–water partition coefficient (Wildman–Crippen LogP) is 3.34. The molecule has 128 valence electrons. The minimum atomic E-state index is -0.738. The molecule has 1 aromatic carbocycles. The summed E-state index contributed by atoms with van der Waals surface area (Å²) in [4.78, 5) is 12.8. The van der Waals surface area contributed by atoms with Crippen LogP contribution in [-0.4, -0.2) is 23.2 Å². The molecular formula is C20H25NO3. The first-order valence-electron chi connectivity index (χ1n) is 8.65. The first kappa shape index (κ1) is 16.8. The molecule has 1 atom stereocenters. The molecule has 2 N–H and O–H groups in total. The molecule has 4 heteroatoms. The highest BCUT2D eigenvalue weighted by atomic mass is 16.3. The molecule has 2 aromatic rings. The number of carbonyl (C=O) groups is 1. The zero-order valence-corrected chi connectivity index (χ0v) is 14.1. The standard InChI is InChI=1S/C20H25NO3/c1-15-6-8-16(9-7-15)18(13-17-5-4-12-24-17)19(22)21-14-20(23)10-2-3-11-20/h4-9,12,18,23H,2-3,10-11,13-14H2,1H3,(H,21,22). The fraction of sp³-hybridized carbons (Fsp3) is 0.450. The van der Waals surface area contributed by atoms with Crippen molar-refractivity contribution in [3.63, 3.8) is 0 Å². The normalized spacial score (nSPS) is 17.6. The zero-order chi connectivity index (χ0) is 17.0. The van der Waals surface area contributed by atoms with Gasteiger partial charge in [0, 0.05) is 13.0 Å². The van der Waals surface area contributed by atoms with Crippen LogP contribution in [0.25, 0.3) is 0 Å². The van der Waals surface area contributed by atoms with Crippen LogP contribution in [0.5, 0.6) is 0 Å². The van der Waals surface area contributed by atoms with E-state index in [1.807, 2.05) is 43.3 Å². The predicted molar refractivity (Wildman–Crippen MR) is 92.8 cm³/mol. The Morgan fingerprint density at radius 1 is 1.25 bits per heavy atom. The van der Waals surface area contributed by atoms with Gasteiger partial charge in [0.1, 0.15) is 5.76 Å². The monoisotopic (exact) mass is 327 g/mol. The molecule has 1 amide bonds. The van der Waals surface area contributed by atoms with E-state index in [9.17, 15) is 9.90 Å². The summed E-state index contributed by atoms with van der Waals surface area (Å²) in [6.07, 6.45) is 5.72. The lowest BCUT2D eigenvalue weighted by molar-refractivity contribution is -0.123. The molecular weight excluding hydrogens is 302 g/mol. The second-order valence-corrected chi connectivity index (χ2v) is 6.90. The fourth-order valence-electron chi connectivity index (χ4n) is 3.38. The summed E-state index contributed by atoms with van der Waals surface area (Å²) in [7, 11) is 0. The van der Waals surface area contributed by atoms with Crippen molar-refractivity contribution in [3.05, 3.63) is 59.5 Å². The number of hydrogen-bond donors (Lipinski definition) is 2. The molecule has 1 aromatic heterocycles.